The first-order valence-electron chi connectivity index (χ1n) is 8.45. The van der Waals surface area contributed by atoms with Crippen LogP contribution in [-0.2, 0) is 6.42 Å². The summed E-state index contributed by atoms with van der Waals surface area (Å²) in [6, 6.07) is 9.99. The van der Waals surface area contributed by atoms with Gasteiger partial charge in [-0.1, -0.05) is 12.1 Å². The van der Waals surface area contributed by atoms with Gasteiger partial charge in [0, 0.05) is 18.2 Å². The quantitative estimate of drug-likeness (QED) is 0.604. The van der Waals surface area contributed by atoms with Crippen molar-refractivity contribution in [1.82, 2.24) is 0 Å². The zero-order valence-electron chi connectivity index (χ0n) is 14.7. The van der Waals surface area contributed by atoms with Gasteiger partial charge in [-0.2, -0.15) is 0 Å². The number of carbonyl (C=O) groups excluding carboxylic acids is 1. The van der Waals surface area contributed by atoms with Crippen molar-refractivity contribution in [3.63, 3.8) is 0 Å². The Morgan fingerprint density at radius 3 is 2.77 bits per heavy atom. The number of nitro groups is 1. The summed E-state index contributed by atoms with van der Waals surface area (Å²) < 4.78 is 10.7. The van der Waals surface area contributed by atoms with Crippen LogP contribution in [0, 0.1) is 10.1 Å². The molecule has 0 aliphatic carbocycles. The molecule has 0 radical (unpaired) electrons. The minimum absolute atomic E-state index is 0.158. The Kier molecular flexibility index (Phi) is 5.06. The van der Waals surface area contributed by atoms with Gasteiger partial charge in [-0.25, -0.2) is 0 Å². The van der Waals surface area contributed by atoms with Gasteiger partial charge in [-0.3, -0.25) is 14.9 Å². The van der Waals surface area contributed by atoms with Crippen molar-refractivity contribution in [2.24, 2.45) is 0 Å². The van der Waals surface area contributed by atoms with Gasteiger partial charge in [0.2, 0.25) is 0 Å². The maximum absolute atomic E-state index is 13.1. The van der Waals surface area contributed by atoms with Gasteiger partial charge in [0.25, 0.3) is 5.91 Å². The Morgan fingerprint density at radius 2 is 2.08 bits per heavy atom. The van der Waals surface area contributed by atoms with E-state index in [0.29, 0.717) is 18.9 Å². The molecule has 1 aliphatic heterocycles. The van der Waals surface area contributed by atoms with E-state index in [-0.39, 0.29) is 22.9 Å². The standard InChI is InChI=1S/C19H20N2O5/c1-3-26-16-10-9-14(12-15(16)21(23)24)19(22)20-11-5-7-13-6-4-8-17(25-2)18(13)20/h4,6,8-10,12H,3,5,7,11H2,1-2H3. The minimum atomic E-state index is -0.535. The van der Waals surface area contributed by atoms with Crippen molar-refractivity contribution in [3.05, 3.63) is 57.6 Å². The summed E-state index contributed by atoms with van der Waals surface area (Å²) in [4.78, 5) is 25.5. The van der Waals surface area contributed by atoms with E-state index in [9.17, 15) is 14.9 Å². The fourth-order valence-electron chi connectivity index (χ4n) is 3.21. The Balaban J connectivity index is 2.01. The molecule has 1 heterocycles. The second-order valence-electron chi connectivity index (χ2n) is 5.90. The number of aryl methyl sites for hydroxylation is 1. The summed E-state index contributed by atoms with van der Waals surface area (Å²) in [5.74, 6) is 0.489. The highest BCUT2D eigenvalue weighted by Crippen LogP contribution is 2.37. The Hall–Kier alpha value is -3.09. The Bertz CT molecular complexity index is 836. The highest BCUT2D eigenvalue weighted by Gasteiger charge is 2.28. The molecule has 26 heavy (non-hydrogen) atoms. The first kappa shape index (κ1) is 17.7. The van der Waals surface area contributed by atoms with E-state index in [1.165, 1.54) is 12.1 Å². The fraction of sp³-hybridized carbons (Fsp3) is 0.316. The summed E-state index contributed by atoms with van der Waals surface area (Å²) in [5, 5.41) is 11.3. The second kappa shape index (κ2) is 7.43. The highest BCUT2D eigenvalue weighted by molar-refractivity contribution is 6.08. The molecular formula is C19H20N2O5. The predicted molar refractivity (Wildman–Crippen MR) is 97.3 cm³/mol. The molecule has 7 heteroatoms. The van der Waals surface area contributed by atoms with E-state index in [1.807, 2.05) is 18.2 Å². The van der Waals surface area contributed by atoms with Crippen LogP contribution in [0.3, 0.4) is 0 Å². The molecular weight excluding hydrogens is 336 g/mol. The predicted octanol–water partition coefficient (Wildman–Crippen LogP) is 3.60. The van der Waals surface area contributed by atoms with Crippen LogP contribution in [-0.4, -0.2) is 31.1 Å². The van der Waals surface area contributed by atoms with Gasteiger partial charge < -0.3 is 14.4 Å². The normalized spacial score (nSPS) is 13.1. The first-order chi connectivity index (χ1) is 12.6. The van der Waals surface area contributed by atoms with E-state index in [1.54, 1.807) is 25.0 Å². The van der Waals surface area contributed by atoms with Crippen molar-refractivity contribution in [2.45, 2.75) is 19.8 Å². The van der Waals surface area contributed by atoms with Gasteiger partial charge in [-0.05, 0) is 43.5 Å². The van der Waals surface area contributed by atoms with E-state index < -0.39 is 4.92 Å². The molecule has 0 N–H and O–H groups in total. The number of carbonyl (C=O) groups is 1. The summed E-state index contributed by atoms with van der Waals surface area (Å²) in [6.07, 6.45) is 1.69. The van der Waals surface area contributed by atoms with Crippen LogP contribution in [0.2, 0.25) is 0 Å². The summed E-state index contributed by atoms with van der Waals surface area (Å²) >= 11 is 0. The zero-order chi connectivity index (χ0) is 18.7. The molecule has 0 atom stereocenters. The van der Waals surface area contributed by atoms with Gasteiger partial charge in [0.05, 0.1) is 24.3 Å². The lowest BCUT2D eigenvalue weighted by Gasteiger charge is -2.31. The molecule has 2 aromatic carbocycles. The number of rotatable bonds is 5. The molecule has 0 unspecified atom stereocenters. The summed E-state index contributed by atoms with van der Waals surface area (Å²) in [7, 11) is 1.56. The van der Waals surface area contributed by atoms with Crippen LogP contribution in [0.1, 0.15) is 29.3 Å². The molecule has 2 aromatic rings. The van der Waals surface area contributed by atoms with Gasteiger partial charge in [-0.15, -0.1) is 0 Å². The fourth-order valence-corrected chi connectivity index (χ4v) is 3.21. The summed E-state index contributed by atoms with van der Waals surface area (Å²) in [6.45, 7) is 2.60. The lowest BCUT2D eigenvalue weighted by atomic mass is 10.00. The third kappa shape index (κ3) is 3.20. The number of benzene rings is 2. The van der Waals surface area contributed by atoms with E-state index >= 15 is 0 Å². The molecule has 0 bridgehead atoms. The van der Waals surface area contributed by atoms with Crippen LogP contribution in [0.4, 0.5) is 11.4 Å². The number of methoxy groups -OCH3 is 1. The van der Waals surface area contributed by atoms with Crippen LogP contribution >= 0.6 is 0 Å². The summed E-state index contributed by atoms with van der Waals surface area (Å²) in [5.41, 5.74) is 1.81. The molecule has 3 rings (SSSR count). The van der Waals surface area contributed by atoms with Crippen molar-refractivity contribution in [1.29, 1.82) is 0 Å². The number of nitro benzene ring substituents is 1. The molecule has 0 spiro atoms. The lowest BCUT2D eigenvalue weighted by Crippen LogP contribution is -2.35. The number of para-hydroxylation sites is 1. The number of amides is 1. The third-order valence-electron chi connectivity index (χ3n) is 4.35. The highest BCUT2D eigenvalue weighted by atomic mass is 16.6. The molecule has 1 aliphatic rings. The first-order valence-corrected chi connectivity index (χ1v) is 8.45. The number of anilines is 1. The van der Waals surface area contributed by atoms with Gasteiger partial charge >= 0.3 is 5.69 Å². The molecule has 0 saturated heterocycles. The van der Waals surface area contributed by atoms with Crippen LogP contribution < -0.4 is 14.4 Å². The Labute approximate surface area is 151 Å². The number of ether oxygens (including phenoxy) is 2. The maximum Gasteiger partial charge on any atom is 0.311 e. The molecule has 0 saturated carbocycles. The van der Waals surface area contributed by atoms with Gasteiger partial charge in [0.15, 0.2) is 5.75 Å². The molecule has 1 amide bonds. The third-order valence-corrected chi connectivity index (χ3v) is 4.35. The average Bonchev–Trinajstić information content (AvgIpc) is 2.66. The molecule has 7 nitrogen and oxygen atoms in total. The molecule has 0 fully saturated rings. The monoisotopic (exact) mass is 356 g/mol. The second-order valence-corrected chi connectivity index (χ2v) is 5.90. The average molecular weight is 356 g/mol. The SMILES string of the molecule is CCOc1ccc(C(=O)N2CCCc3cccc(OC)c32)cc1[N+](=O)[O-]. The topological polar surface area (TPSA) is 81.9 Å². The van der Waals surface area contributed by atoms with E-state index in [2.05, 4.69) is 0 Å². The van der Waals surface area contributed by atoms with Crippen LogP contribution in [0.5, 0.6) is 11.5 Å². The lowest BCUT2D eigenvalue weighted by molar-refractivity contribution is -0.385. The van der Waals surface area contributed by atoms with Crippen molar-refractivity contribution >= 4 is 17.3 Å². The minimum Gasteiger partial charge on any atom is -0.495 e. The number of hydrogen-bond donors (Lipinski definition) is 0. The molecule has 0 aromatic heterocycles. The maximum atomic E-state index is 13.1. The van der Waals surface area contributed by atoms with E-state index in [0.717, 1.165) is 24.1 Å². The number of nitrogens with zero attached hydrogens (tertiary/aromatic N) is 2. The van der Waals surface area contributed by atoms with Crippen molar-refractivity contribution < 1.29 is 19.2 Å². The van der Waals surface area contributed by atoms with Crippen molar-refractivity contribution in [2.75, 3.05) is 25.2 Å². The number of hydrogen-bond acceptors (Lipinski definition) is 5. The van der Waals surface area contributed by atoms with Crippen LogP contribution in [0.25, 0.3) is 0 Å². The Morgan fingerprint density at radius 1 is 1.27 bits per heavy atom. The largest absolute Gasteiger partial charge is 0.495 e. The zero-order valence-corrected chi connectivity index (χ0v) is 14.7. The van der Waals surface area contributed by atoms with Crippen LogP contribution in [0.15, 0.2) is 36.4 Å². The van der Waals surface area contributed by atoms with Crippen molar-refractivity contribution in [3.8, 4) is 11.5 Å². The molecule has 136 valence electrons. The number of fused-ring (bicyclic) bond motifs is 1. The van der Waals surface area contributed by atoms with E-state index in [4.69, 9.17) is 9.47 Å². The van der Waals surface area contributed by atoms with Gasteiger partial charge in [0.1, 0.15) is 5.75 Å². The smallest absolute Gasteiger partial charge is 0.311 e.